The maximum Gasteiger partial charge on any atom is 0.328 e. The summed E-state index contributed by atoms with van der Waals surface area (Å²) in [5, 5.41) is 20.2. The molecular weight excluding hydrogens is 254 g/mol. The second-order valence-electron chi connectivity index (χ2n) is 4.12. The van der Waals surface area contributed by atoms with Gasteiger partial charge < -0.3 is 32.7 Å². The van der Waals surface area contributed by atoms with Crippen LogP contribution in [0.3, 0.4) is 0 Å². The molecule has 19 heavy (non-hydrogen) atoms. The zero-order valence-electron chi connectivity index (χ0n) is 10.7. The fourth-order valence-electron chi connectivity index (χ4n) is 1.30. The van der Waals surface area contributed by atoms with E-state index in [1.54, 1.807) is 0 Å². The minimum absolute atomic E-state index is 0.0435. The first-order chi connectivity index (χ1) is 8.75. The average molecular weight is 275 g/mol. The van der Waals surface area contributed by atoms with Gasteiger partial charge in [-0.1, -0.05) is 0 Å². The summed E-state index contributed by atoms with van der Waals surface area (Å²) in [5.74, 6) is -2.01. The highest BCUT2D eigenvalue weighted by atomic mass is 16.4. The summed E-state index contributed by atoms with van der Waals surface area (Å²) in [4.78, 5) is 26.1. The molecule has 1 amide bonds. The lowest BCUT2D eigenvalue weighted by molar-refractivity contribution is -0.145. The van der Waals surface area contributed by atoms with Gasteiger partial charge in [0, 0.05) is 6.54 Å². The Labute approximate surface area is 110 Å². The number of rotatable bonds is 8. The third-order valence-corrected chi connectivity index (χ3v) is 2.35. The molecule has 0 heterocycles. The van der Waals surface area contributed by atoms with Gasteiger partial charge in [-0.3, -0.25) is 9.79 Å². The van der Waals surface area contributed by atoms with E-state index in [4.69, 9.17) is 22.3 Å². The van der Waals surface area contributed by atoms with Gasteiger partial charge in [-0.25, -0.2) is 4.79 Å². The summed E-state index contributed by atoms with van der Waals surface area (Å²) in [7, 11) is 0. The van der Waals surface area contributed by atoms with E-state index in [0.29, 0.717) is 19.4 Å². The molecule has 0 aliphatic heterocycles. The second kappa shape index (κ2) is 8.27. The first-order valence-electron chi connectivity index (χ1n) is 5.78. The molecule has 0 aromatic heterocycles. The molecule has 0 unspecified atom stereocenters. The maximum atomic E-state index is 11.6. The molecule has 0 rings (SSSR count). The molecule has 0 fully saturated rings. The van der Waals surface area contributed by atoms with Crippen LogP contribution in [0.5, 0.6) is 0 Å². The highest BCUT2D eigenvalue weighted by molar-refractivity contribution is 5.87. The number of carbonyl (C=O) groups excluding carboxylic acids is 1. The van der Waals surface area contributed by atoms with Crippen LogP contribution in [0, 0.1) is 0 Å². The topological polar surface area (TPSA) is 177 Å². The molecule has 3 atom stereocenters. The zero-order chi connectivity index (χ0) is 15.0. The Hall–Kier alpha value is -1.87. The van der Waals surface area contributed by atoms with Crippen molar-refractivity contribution in [2.45, 2.75) is 38.0 Å². The Morgan fingerprint density at radius 1 is 1.37 bits per heavy atom. The Bertz CT molecular complexity index is 341. The molecule has 110 valence electrons. The summed E-state index contributed by atoms with van der Waals surface area (Å²) in [5.41, 5.74) is 15.8. The molecule has 0 radical (unpaired) electrons. The molecule has 0 aliphatic rings. The summed E-state index contributed by atoms with van der Waals surface area (Å²) in [6.45, 7) is 1.60. The highest BCUT2D eigenvalue weighted by Gasteiger charge is 2.26. The van der Waals surface area contributed by atoms with Crippen molar-refractivity contribution in [1.82, 2.24) is 5.32 Å². The van der Waals surface area contributed by atoms with Gasteiger partial charge in [0.1, 0.15) is 0 Å². The van der Waals surface area contributed by atoms with E-state index < -0.39 is 30.1 Å². The predicted octanol–water partition coefficient (Wildman–Crippen LogP) is -2.68. The number of aliphatic hydroxyl groups is 1. The monoisotopic (exact) mass is 275 g/mol. The number of guanidine groups is 1. The Kier molecular flexibility index (Phi) is 7.46. The minimum atomic E-state index is -1.38. The fraction of sp³-hybridized carbons (Fsp3) is 0.700. The van der Waals surface area contributed by atoms with Crippen LogP contribution in [-0.4, -0.2) is 52.8 Å². The van der Waals surface area contributed by atoms with Crippen LogP contribution in [0.4, 0.5) is 0 Å². The number of aliphatic carboxylic acids is 1. The first kappa shape index (κ1) is 17.1. The van der Waals surface area contributed by atoms with Crippen molar-refractivity contribution in [1.29, 1.82) is 0 Å². The van der Waals surface area contributed by atoms with Crippen LogP contribution < -0.4 is 22.5 Å². The molecule has 0 spiro atoms. The molecule has 0 saturated heterocycles. The Morgan fingerprint density at radius 3 is 2.37 bits per heavy atom. The second-order valence-corrected chi connectivity index (χ2v) is 4.12. The van der Waals surface area contributed by atoms with Crippen molar-refractivity contribution in [3.05, 3.63) is 0 Å². The van der Waals surface area contributed by atoms with Crippen molar-refractivity contribution in [2.24, 2.45) is 22.2 Å². The molecule has 0 aliphatic carbocycles. The summed E-state index contributed by atoms with van der Waals surface area (Å²) in [6.07, 6.45) is -0.427. The third kappa shape index (κ3) is 7.21. The van der Waals surface area contributed by atoms with Crippen LogP contribution in [0.1, 0.15) is 19.8 Å². The van der Waals surface area contributed by atoms with Gasteiger partial charge in [0.05, 0.1) is 12.1 Å². The number of hydrogen-bond donors (Lipinski definition) is 6. The van der Waals surface area contributed by atoms with Gasteiger partial charge in [-0.05, 0) is 19.8 Å². The number of nitrogens with one attached hydrogen (secondary N) is 1. The van der Waals surface area contributed by atoms with E-state index in [0.717, 1.165) is 0 Å². The van der Waals surface area contributed by atoms with E-state index in [-0.39, 0.29) is 5.96 Å². The van der Waals surface area contributed by atoms with E-state index in [9.17, 15) is 14.7 Å². The van der Waals surface area contributed by atoms with Crippen LogP contribution in [0.15, 0.2) is 4.99 Å². The lowest BCUT2D eigenvalue weighted by Gasteiger charge is -2.19. The number of hydrogen-bond acceptors (Lipinski definition) is 5. The number of nitrogens with two attached hydrogens (primary N) is 3. The number of carbonyl (C=O) groups is 2. The number of carboxylic acids is 1. The van der Waals surface area contributed by atoms with Gasteiger partial charge in [-0.15, -0.1) is 0 Å². The summed E-state index contributed by atoms with van der Waals surface area (Å²) in [6, 6.07) is -2.26. The molecule has 0 saturated carbocycles. The molecule has 0 aromatic rings. The molecule has 0 bridgehead atoms. The predicted molar refractivity (Wildman–Crippen MR) is 69.1 cm³/mol. The minimum Gasteiger partial charge on any atom is -0.480 e. The van der Waals surface area contributed by atoms with E-state index >= 15 is 0 Å². The van der Waals surface area contributed by atoms with E-state index in [1.165, 1.54) is 6.92 Å². The average Bonchev–Trinajstić information content (AvgIpc) is 2.29. The normalized spacial score (nSPS) is 15.1. The smallest absolute Gasteiger partial charge is 0.328 e. The molecule has 9 N–H and O–H groups in total. The Balaban J connectivity index is 4.18. The Morgan fingerprint density at radius 2 is 1.95 bits per heavy atom. The largest absolute Gasteiger partial charge is 0.480 e. The SMILES string of the molecule is C[C@@H](O)[C@@H](NC(=O)[C@@H](N)CCCN=C(N)N)C(=O)O. The molecule has 9 heteroatoms. The van der Waals surface area contributed by atoms with Crippen LogP contribution in [-0.2, 0) is 9.59 Å². The van der Waals surface area contributed by atoms with Crippen LogP contribution in [0.25, 0.3) is 0 Å². The van der Waals surface area contributed by atoms with Gasteiger partial charge >= 0.3 is 5.97 Å². The zero-order valence-corrected chi connectivity index (χ0v) is 10.7. The first-order valence-corrected chi connectivity index (χ1v) is 5.78. The van der Waals surface area contributed by atoms with Gasteiger partial charge in [0.15, 0.2) is 12.0 Å². The van der Waals surface area contributed by atoms with Gasteiger partial charge in [0.25, 0.3) is 0 Å². The number of aliphatic imine (C=N–C) groups is 1. The third-order valence-electron chi connectivity index (χ3n) is 2.35. The molecular formula is C10H21N5O4. The van der Waals surface area contributed by atoms with Crippen LogP contribution >= 0.6 is 0 Å². The number of carboxylic acid groups (broad SMARTS) is 1. The van der Waals surface area contributed by atoms with Gasteiger partial charge in [0.2, 0.25) is 5.91 Å². The van der Waals surface area contributed by atoms with Crippen molar-refractivity contribution in [3.8, 4) is 0 Å². The van der Waals surface area contributed by atoms with Crippen molar-refractivity contribution >= 4 is 17.8 Å². The van der Waals surface area contributed by atoms with E-state index in [1.807, 2.05) is 0 Å². The van der Waals surface area contributed by atoms with Crippen molar-refractivity contribution in [3.63, 3.8) is 0 Å². The quantitative estimate of drug-likeness (QED) is 0.159. The highest BCUT2D eigenvalue weighted by Crippen LogP contribution is 1.99. The number of aliphatic hydroxyl groups excluding tert-OH is 1. The number of amides is 1. The standard InChI is InChI=1S/C10H21N5O4/c1-5(16)7(9(18)19)15-8(17)6(11)3-2-4-14-10(12)13/h5-7,16H,2-4,11H2,1H3,(H,15,17)(H,18,19)(H4,12,13,14)/t5-,6+,7-/m1/s1. The van der Waals surface area contributed by atoms with E-state index in [2.05, 4.69) is 10.3 Å². The van der Waals surface area contributed by atoms with Crippen LogP contribution in [0.2, 0.25) is 0 Å². The lowest BCUT2D eigenvalue weighted by Crippen LogP contribution is -2.52. The van der Waals surface area contributed by atoms with Crippen molar-refractivity contribution in [2.75, 3.05) is 6.54 Å². The molecule has 0 aromatic carbocycles. The van der Waals surface area contributed by atoms with Crippen molar-refractivity contribution < 1.29 is 19.8 Å². The molecule has 9 nitrogen and oxygen atoms in total. The lowest BCUT2D eigenvalue weighted by atomic mass is 10.1. The fourth-order valence-corrected chi connectivity index (χ4v) is 1.30. The number of nitrogens with zero attached hydrogens (tertiary/aromatic N) is 1. The summed E-state index contributed by atoms with van der Waals surface area (Å²) < 4.78 is 0. The summed E-state index contributed by atoms with van der Waals surface area (Å²) >= 11 is 0. The maximum absolute atomic E-state index is 11.6. The van der Waals surface area contributed by atoms with Gasteiger partial charge in [-0.2, -0.15) is 0 Å².